The van der Waals surface area contributed by atoms with Crippen molar-refractivity contribution >= 4 is 6.03 Å². The summed E-state index contributed by atoms with van der Waals surface area (Å²) in [5, 5.41) is 3.24. The molecule has 21 heavy (non-hydrogen) atoms. The summed E-state index contributed by atoms with van der Waals surface area (Å²) in [6, 6.07) is 0.572. The van der Waals surface area contributed by atoms with Crippen molar-refractivity contribution in [2.45, 2.75) is 58.4 Å². The van der Waals surface area contributed by atoms with Gasteiger partial charge in [-0.15, -0.1) is 0 Å². The van der Waals surface area contributed by atoms with E-state index in [0.29, 0.717) is 6.04 Å². The van der Waals surface area contributed by atoms with Gasteiger partial charge in [-0.2, -0.15) is 0 Å². The van der Waals surface area contributed by atoms with Gasteiger partial charge in [0.25, 0.3) is 0 Å². The number of amides is 2. The van der Waals surface area contributed by atoms with E-state index in [2.05, 4.69) is 30.1 Å². The number of carbonyl (C=O) groups excluding carboxylic acids is 1. The van der Waals surface area contributed by atoms with E-state index in [1.165, 1.54) is 24.8 Å². The second-order valence-corrected chi connectivity index (χ2v) is 6.71. The molecule has 0 bridgehead atoms. The average Bonchev–Trinajstić information content (AvgIpc) is 2.71. The molecule has 1 saturated heterocycles. The number of urea groups is 1. The molecule has 1 saturated carbocycles. The number of hydrogen-bond donors (Lipinski definition) is 1. The van der Waals surface area contributed by atoms with Crippen LogP contribution in [0.3, 0.4) is 0 Å². The first-order valence-electron chi connectivity index (χ1n) is 8.56. The number of hydrogen-bond acceptors (Lipinski definition) is 2. The zero-order chi connectivity index (χ0) is 15.1. The van der Waals surface area contributed by atoms with Crippen molar-refractivity contribution < 1.29 is 4.79 Å². The Morgan fingerprint density at radius 1 is 1.05 bits per heavy atom. The Kier molecular flexibility index (Phi) is 6.55. The minimum Gasteiger partial charge on any atom is -0.335 e. The van der Waals surface area contributed by atoms with Crippen LogP contribution in [0, 0.1) is 0 Å². The molecule has 2 rings (SSSR count). The maximum absolute atomic E-state index is 12.4. The third-order valence-electron chi connectivity index (χ3n) is 4.57. The fourth-order valence-corrected chi connectivity index (χ4v) is 3.18. The van der Waals surface area contributed by atoms with Gasteiger partial charge in [-0.25, -0.2) is 4.79 Å². The Morgan fingerprint density at radius 3 is 2.52 bits per heavy atom. The van der Waals surface area contributed by atoms with Crippen molar-refractivity contribution in [3.63, 3.8) is 0 Å². The summed E-state index contributed by atoms with van der Waals surface area (Å²) in [6.07, 6.45) is 9.53. The van der Waals surface area contributed by atoms with E-state index in [9.17, 15) is 4.79 Å². The van der Waals surface area contributed by atoms with Crippen molar-refractivity contribution in [2.75, 3.05) is 32.7 Å². The van der Waals surface area contributed by atoms with Crippen LogP contribution in [-0.4, -0.2) is 54.6 Å². The molecule has 2 aliphatic rings. The van der Waals surface area contributed by atoms with Gasteiger partial charge in [-0.05, 0) is 33.1 Å². The Morgan fingerprint density at radius 2 is 1.81 bits per heavy atom. The number of carbonyl (C=O) groups is 1. The average molecular weight is 293 g/mol. The van der Waals surface area contributed by atoms with E-state index < -0.39 is 0 Å². The summed E-state index contributed by atoms with van der Waals surface area (Å²) >= 11 is 0. The first-order chi connectivity index (χ1) is 10.1. The number of nitrogens with one attached hydrogen (secondary N) is 1. The van der Waals surface area contributed by atoms with E-state index in [4.69, 9.17) is 0 Å². The zero-order valence-electron chi connectivity index (χ0n) is 13.7. The van der Waals surface area contributed by atoms with Crippen molar-refractivity contribution in [3.05, 3.63) is 11.6 Å². The molecule has 0 aromatic carbocycles. The molecule has 0 aromatic rings. The van der Waals surface area contributed by atoms with E-state index in [1.54, 1.807) is 0 Å². The molecule has 0 spiro atoms. The highest BCUT2D eigenvalue weighted by atomic mass is 16.2. The predicted molar refractivity (Wildman–Crippen MR) is 87.5 cm³/mol. The number of nitrogens with zero attached hydrogens (tertiary/aromatic N) is 2. The largest absolute Gasteiger partial charge is 0.335 e. The zero-order valence-corrected chi connectivity index (χ0v) is 13.7. The molecule has 0 unspecified atom stereocenters. The molecule has 1 aliphatic carbocycles. The maximum atomic E-state index is 12.4. The minimum atomic E-state index is 0.158. The van der Waals surface area contributed by atoms with Gasteiger partial charge < -0.3 is 10.2 Å². The van der Waals surface area contributed by atoms with Crippen molar-refractivity contribution in [2.24, 2.45) is 0 Å². The van der Waals surface area contributed by atoms with Gasteiger partial charge in [0.15, 0.2) is 0 Å². The Hall–Kier alpha value is -1.03. The first-order valence-corrected chi connectivity index (χ1v) is 8.56. The molecule has 4 nitrogen and oxygen atoms in total. The minimum absolute atomic E-state index is 0.158. The summed E-state index contributed by atoms with van der Waals surface area (Å²) in [5.41, 5.74) is 1.37. The van der Waals surface area contributed by atoms with Crippen LogP contribution in [-0.2, 0) is 0 Å². The van der Waals surface area contributed by atoms with Gasteiger partial charge >= 0.3 is 6.03 Å². The lowest BCUT2D eigenvalue weighted by atomic mass is 9.96. The van der Waals surface area contributed by atoms with Gasteiger partial charge in [0, 0.05) is 38.8 Å². The lowest BCUT2D eigenvalue weighted by Gasteiger charge is -2.27. The van der Waals surface area contributed by atoms with Crippen LogP contribution in [0.1, 0.15) is 52.4 Å². The van der Waals surface area contributed by atoms with Crippen LogP contribution >= 0.6 is 0 Å². The van der Waals surface area contributed by atoms with E-state index >= 15 is 0 Å². The highest BCUT2D eigenvalue weighted by Gasteiger charge is 2.22. The summed E-state index contributed by atoms with van der Waals surface area (Å²) < 4.78 is 0. The third kappa shape index (κ3) is 5.70. The molecule has 0 radical (unpaired) electrons. The van der Waals surface area contributed by atoms with E-state index in [0.717, 1.165) is 52.0 Å². The topological polar surface area (TPSA) is 35.6 Å². The maximum Gasteiger partial charge on any atom is 0.317 e. The highest BCUT2D eigenvalue weighted by molar-refractivity contribution is 5.74. The van der Waals surface area contributed by atoms with Gasteiger partial charge in [0.05, 0.1) is 0 Å². The van der Waals surface area contributed by atoms with Crippen molar-refractivity contribution in [1.82, 2.24) is 15.1 Å². The smallest absolute Gasteiger partial charge is 0.317 e. The molecule has 4 heteroatoms. The SMILES string of the molecule is CC(C)=CCN1CCCN(C(=O)NC2CCCCC2)CC1. The van der Waals surface area contributed by atoms with E-state index in [1.807, 2.05) is 4.90 Å². The molecule has 2 fully saturated rings. The second kappa shape index (κ2) is 8.42. The lowest BCUT2D eigenvalue weighted by Crippen LogP contribution is -2.46. The molecule has 120 valence electrons. The third-order valence-corrected chi connectivity index (χ3v) is 4.57. The monoisotopic (exact) mass is 293 g/mol. The van der Waals surface area contributed by atoms with Crippen molar-refractivity contribution in [3.8, 4) is 0 Å². The van der Waals surface area contributed by atoms with Crippen LogP contribution in [0.5, 0.6) is 0 Å². The Balaban J connectivity index is 1.76. The van der Waals surface area contributed by atoms with Crippen molar-refractivity contribution in [1.29, 1.82) is 0 Å². The molecular weight excluding hydrogens is 262 g/mol. The lowest BCUT2D eigenvalue weighted by molar-refractivity contribution is 0.191. The van der Waals surface area contributed by atoms with Crippen LogP contribution in [0.2, 0.25) is 0 Å². The molecule has 1 N–H and O–H groups in total. The Labute approximate surface area is 129 Å². The number of rotatable bonds is 3. The van der Waals surface area contributed by atoms with Gasteiger partial charge in [0.2, 0.25) is 0 Å². The summed E-state index contributed by atoms with van der Waals surface area (Å²) in [6.45, 7) is 9.13. The normalized spacial score (nSPS) is 21.7. The highest BCUT2D eigenvalue weighted by Crippen LogP contribution is 2.17. The quantitative estimate of drug-likeness (QED) is 0.812. The molecule has 1 heterocycles. The fourth-order valence-electron chi connectivity index (χ4n) is 3.18. The standard InChI is InChI=1S/C17H31N3O/c1-15(2)9-12-19-10-6-11-20(14-13-19)17(21)18-16-7-4-3-5-8-16/h9,16H,3-8,10-14H2,1-2H3,(H,18,21). The Bertz CT molecular complexity index is 357. The summed E-state index contributed by atoms with van der Waals surface area (Å²) in [5.74, 6) is 0. The predicted octanol–water partition coefficient (Wildman–Crippen LogP) is 3.00. The molecule has 2 amide bonds. The summed E-state index contributed by atoms with van der Waals surface area (Å²) in [7, 11) is 0. The second-order valence-electron chi connectivity index (χ2n) is 6.71. The van der Waals surface area contributed by atoms with E-state index in [-0.39, 0.29) is 6.03 Å². The first kappa shape index (κ1) is 16.3. The van der Waals surface area contributed by atoms with Gasteiger partial charge in [-0.3, -0.25) is 4.90 Å². The molecular formula is C17H31N3O. The van der Waals surface area contributed by atoms with Gasteiger partial charge in [0.1, 0.15) is 0 Å². The number of allylic oxidation sites excluding steroid dienone is 1. The van der Waals surface area contributed by atoms with Crippen LogP contribution in [0.4, 0.5) is 4.79 Å². The summed E-state index contributed by atoms with van der Waals surface area (Å²) in [4.78, 5) is 16.8. The molecule has 1 aliphatic heterocycles. The molecule has 0 atom stereocenters. The fraction of sp³-hybridized carbons (Fsp3) is 0.824. The van der Waals surface area contributed by atoms with Crippen LogP contribution in [0.25, 0.3) is 0 Å². The van der Waals surface area contributed by atoms with Crippen LogP contribution < -0.4 is 5.32 Å². The van der Waals surface area contributed by atoms with Gasteiger partial charge in [-0.1, -0.05) is 30.9 Å². The van der Waals surface area contributed by atoms with Crippen LogP contribution in [0.15, 0.2) is 11.6 Å². The molecule has 0 aromatic heterocycles.